The second-order valence-electron chi connectivity index (χ2n) is 7.31. The van der Waals surface area contributed by atoms with Gasteiger partial charge in [0.1, 0.15) is 5.60 Å². The molecule has 1 aliphatic heterocycles. The molecule has 0 aromatic rings. The Bertz CT molecular complexity index is 428. The van der Waals surface area contributed by atoms with Crippen molar-refractivity contribution in [2.45, 2.75) is 39.3 Å². The number of amides is 1. The Morgan fingerprint density at radius 2 is 1.88 bits per heavy atom. The molecule has 1 saturated heterocycles. The van der Waals surface area contributed by atoms with Crippen molar-refractivity contribution in [2.24, 2.45) is 4.99 Å². The molecule has 8 nitrogen and oxygen atoms in total. The van der Waals surface area contributed by atoms with Crippen LogP contribution in [0, 0.1) is 0 Å². The molecule has 1 atom stereocenters. The van der Waals surface area contributed by atoms with Gasteiger partial charge in [-0.15, -0.1) is 0 Å². The van der Waals surface area contributed by atoms with E-state index in [1.807, 2.05) is 27.7 Å². The lowest BCUT2D eigenvalue weighted by Crippen LogP contribution is -2.52. The van der Waals surface area contributed by atoms with Crippen molar-refractivity contribution in [1.29, 1.82) is 0 Å². The van der Waals surface area contributed by atoms with Gasteiger partial charge in [-0.05, 0) is 27.7 Å². The molecule has 25 heavy (non-hydrogen) atoms. The monoisotopic (exact) mass is 357 g/mol. The summed E-state index contributed by atoms with van der Waals surface area (Å²) in [7, 11) is 3.44. The maximum absolute atomic E-state index is 12.1. The molecule has 0 saturated carbocycles. The summed E-state index contributed by atoms with van der Waals surface area (Å²) in [6, 6.07) is 0.202. The summed E-state index contributed by atoms with van der Waals surface area (Å²) in [6.45, 7) is 13.2. The van der Waals surface area contributed by atoms with Gasteiger partial charge in [-0.2, -0.15) is 0 Å². The van der Waals surface area contributed by atoms with Gasteiger partial charge in [-0.1, -0.05) is 0 Å². The maximum Gasteiger partial charge on any atom is 0.410 e. The molecule has 1 fully saturated rings. The molecule has 0 aliphatic carbocycles. The molecule has 0 bridgehead atoms. The highest BCUT2D eigenvalue weighted by molar-refractivity contribution is 5.79. The topological polar surface area (TPSA) is 78.4 Å². The minimum Gasteiger partial charge on any atom is -0.444 e. The Labute approximate surface area is 151 Å². The number of carbonyl (C=O) groups excluding carboxylic acids is 1. The molecule has 1 amide bonds. The predicted octanol–water partition coefficient (Wildman–Crippen LogP) is 0.739. The van der Waals surface area contributed by atoms with Crippen molar-refractivity contribution in [2.75, 3.05) is 60.0 Å². The molecular formula is C17H35N5O3. The average molecular weight is 357 g/mol. The van der Waals surface area contributed by atoms with Crippen molar-refractivity contribution in [3.8, 4) is 0 Å². The van der Waals surface area contributed by atoms with Gasteiger partial charge in [0.05, 0.1) is 6.61 Å². The van der Waals surface area contributed by atoms with Gasteiger partial charge in [-0.3, -0.25) is 9.89 Å². The Hall–Kier alpha value is -1.54. The van der Waals surface area contributed by atoms with Crippen LogP contribution in [0.25, 0.3) is 0 Å². The van der Waals surface area contributed by atoms with Gasteiger partial charge in [-0.25, -0.2) is 4.79 Å². The van der Waals surface area contributed by atoms with Crippen LogP contribution in [0.1, 0.15) is 27.7 Å². The van der Waals surface area contributed by atoms with Crippen LogP contribution in [0.2, 0.25) is 0 Å². The number of nitrogens with zero attached hydrogens (tertiary/aromatic N) is 3. The van der Waals surface area contributed by atoms with E-state index in [0.717, 1.165) is 32.1 Å². The number of hydrogen-bond donors (Lipinski definition) is 2. The van der Waals surface area contributed by atoms with E-state index in [2.05, 4.69) is 20.5 Å². The lowest BCUT2D eigenvalue weighted by atomic mass is 10.2. The molecule has 1 unspecified atom stereocenters. The molecule has 0 aromatic heterocycles. The van der Waals surface area contributed by atoms with E-state index < -0.39 is 5.60 Å². The summed E-state index contributed by atoms with van der Waals surface area (Å²) in [5, 5.41) is 6.58. The lowest BCUT2D eigenvalue weighted by Gasteiger charge is -2.35. The first-order valence-corrected chi connectivity index (χ1v) is 8.91. The van der Waals surface area contributed by atoms with Crippen LogP contribution in [-0.4, -0.2) is 93.5 Å². The fourth-order valence-electron chi connectivity index (χ4n) is 2.53. The Balaban J connectivity index is 2.25. The minimum absolute atomic E-state index is 0.202. The summed E-state index contributed by atoms with van der Waals surface area (Å²) in [5.74, 6) is 0.775. The van der Waals surface area contributed by atoms with Crippen LogP contribution >= 0.6 is 0 Å². The first kappa shape index (κ1) is 21.5. The van der Waals surface area contributed by atoms with E-state index in [1.54, 1.807) is 19.1 Å². The third-order valence-corrected chi connectivity index (χ3v) is 3.77. The highest BCUT2D eigenvalue weighted by atomic mass is 16.6. The van der Waals surface area contributed by atoms with Crippen molar-refractivity contribution in [3.05, 3.63) is 0 Å². The molecule has 0 radical (unpaired) electrons. The second-order valence-corrected chi connectivity index (χ2v) is 7.31. The van der Waals surface area contributed by atoms with Gasteiger partial charge in [0.2, 0.25) is 0 Å². The summed E-state index contributed by atoms with van der Waals surface area (Å²) in [6.07, 6.45) is -0.220. The zero-order chi connectivity index (χ0) is 18.9. The number of nitrogens with one attached hydrogen (secondary N) is 2. The smallest absolute Gasteiger partial charge is 0.410 e. The summed E-state index contributed by atoms with van der Waals surface area (Å²) in [5.41, 5.74) is -0.443. The predicted molar refractivity (Wildman–Crippen MR) is 100 cm³/mol. The molecule has 0 aromatic carbocycles. The quantitative estimate of drug-likeness (QED) is 0.539. The molecule has 1 aliphatic rings. The number of hydrogen-bond acceptors (Lipinski definition) is 5. The van der Waals surface area contributed by atoms with Gasteiger partial charge >= 0.3 is 6.09 Å². The lowest BCUT2D eigenvalue weighted by molar-refractivity contribution is 0.0147. The summed E-state index contributed by atoms with van der Waals surface area (Å²) < 4.78 is 10.5. The molecule has 146 valence electrons. The van der Waals surface area contributed by atoms with Crippen molar-refractivity contribution in [1.82, 2.24) is 20.4 Å². The minimum atomic E-state index is -0.443. The largest absolute Gasteiger partial charge is 0.444 e. The first-order valence-electron chi connectivity index (χ1n) is 8.91. The van der Waals surface area contributed by atoms with E-state index >= 15 is 0 Å². The molecular weight excluding hydrogens is 322 g/mol. The Kier molecular flexibility index (Phi) is 8.99. The van der Waals surface area contributed by atoms with Gasteiger partial charge in [0, 0.05) is 59.5 Å². The third kappa shape index (κ3) is 8.92. The molecule has 1 rings (SSSR count). The van der Waals surface area contributed by atoms with E-state index in [1.165, 1.54) is 0 Å². The van der Waals surface area contributed by atoms with Crippen LogP contribution in [-0.2, 0) is 9.47 Å². The van der Waals surface area contributed by atoms with Crippen molar-refractivity contribution in [3.63, 3.8) is 0 Å². The van der Waals surface area contributed by atoms with Gasteiger partial charge < -0.3 is 25.0 Å². The number of piperazine rings is 1. The van der Waals surface area contributed by atoms with Crippen molar-refractivity contribution < 1.29 is 14.3 Å². The maximum atomic E-state index is 12.1. The highest BCUT2D eigenvalue weighted by Gasteiger charge is 2.25. The first-order chi connectivity index (χ1) is 11.7. The van der Waals surface area contributed by atoms with Crippen LogP contribution < -0.4 is 10.6 Å². The third-order valence-electron chi connectivity index (χ3n) is 3.77. The van der Waals surface area contributed by atoms with Crippen LogP contribution in [0.15, 0.2) is 4.99 Å². The normalized spacial score (nSPS) is 18.0. The van der Waals surface area contributed by atoms with Crippen LogP contribution in [0.4, 0.5) is 4.79 Å². The van der Waals surface area contributed by atoms with Gasteiger partial charge in [0.25, 0.3) is 0 Å². The molecule has 1 heterocycles. The van der Waals surface area contributed by atoms with E-state index in [4.69, 9.17) is 9.47 Å². The number of rotatable bonds is 6. The number of guanidine groups is 1. The molecule has 8 heteroatoms. The fourth-order valence-corrected chi connectivity index (χ4v) is 2.53. The Morgan fingerprint density at radius 3 is 2.40 bits per heavy atom. The van der Waals surface area contributed by atoms with E-state index in [9.17, 15) is 4.79 Å². The molecule has 0 spiro atoms. The zero-order valence-electron chi connectivity index (χ0n) is 16.6. The second kappa shape index (κ2) is 10.5. The van der Waals surface area contributed by atoms with Gasteiger partial charge in [0.15, 0.2) is 5.96 Å². The number of ether oxygens (including phenoxy) is 2. The van der Waals surface area contributed by atoms with Crippen LogP contribution in [0.3, 0.4) is 0 Å². The molecule has 2 N–H and O–H groups in total. The van der Waals surface area contributed by atoms with E-state index in [0.29, 0.717) is 19.7 Å². The summed E-state index contributed by atoms with van der Waals surface area (Å²) in [4.78, 5) is 20.4. The SMILES string of the molecule is CN=C(NCCN1CCN(C(=O)OC(C)(C)C)CC1)NC(C)COC. The highest BCUT2D eigenvalue weighted by Crippen LogP contribution is 2.11. The van der Waals surface area contributed by atoms with E-state index in [-0.39, 0.29) is 12.1 Å². The van der Waals surface area contributed by atoms with Crippen molar-refractivity contribution >= 4 is 12.1 Å². The fraction of sp³-hybridized carbons (Fsp3) is 0.882. The van der Waals surface area contributed by atoms with Crippen LogP contribution in [0.5, 0.6) is 0 Å². The Morgan fingerprint density at radius 1 is 1.24 bits per heavy atom. The summed E-state index contributed by atoms with van der Waals surface area (Å²) >= 11 is 0. The standard InChI is InChI=1S/C17H35N5O3/c1-14(13-24-6)20-15(18-5)19-7-8-21-9-11-22(12-10-21)16(23)25-17(2,3)4/h14H,7-13H2,1-6H3,(H2,18,19,20). The zero-order valence-corrected chi connectivity index (χ0v) is 16.6. The number of carbonyl (C=O) groups is 1. The average Bonchev–Trinajstić information content (AvgIpc) is 2.53. The number of aliphatic imine (C=N–C) groups is 1. The number of methoxy groups -OCH3 is 1.